The number of rotatable bonds is 10. The summed E-state index contributed by atoms with van der Waals surface area (Å²) in [6.07, 6.45) is 37.5. The van der Waals surface area contributed by atoms with Crippen molar-refractivity contribution in [3.05, 3.63) is 89.3 Å². The van der Waals surface area contributed by atoms with E-state index in [2.05, 4.69) is 59.3 Å². The van der Waals surface area contributed by atoms with Gasteiger partial charge in [-0.05, 0) is 129 Å². The van der Waals surface area contributed by atoms with Crippen LogP contribution in [0.3, 0.4) is 0 Å². The van der Waals surface area contributed by atoms with E-state index in [1.54, 1.807) is 44.1 Å². The monoisotopic (exact) mass is 1100 g/mol. The summed E-state index contributed by atoms with van der Waals surface area (Å²) in [5.74, 6) is 0. The van der Waals surface area contributed by atoms with E-state index in [1.165, 1.54) is 115 Å². The zero-order valence-corrected chi connectivity index (χ0v) is 48.2. The van der Waals surface area contributed by atoms with Gasteiger partial charge in [-0.3, -0.25) is 0 Å². The van der Waals surface area contributed by atoms with Crippen LogP contribution in [0.25, 0.3) is 0 Å². The zero-order chi connectivity index (χ0) is 37.5. The number of pyridine rings is 2. The molecule has 14 heteroatoms. The van der Waals surface area contributed by atoms with Crippen molar-refractivity contribution in [2.45, 2.75) is 165 Å². The van der Waals surface area contributed by atoms with E-state index in [0.717, 1.165) is 15.9 Å². The van der Waals surface area contributed by atoms with Gasteiger partial charge in [0.1, 0.15) is 4.60 Å². The Labute approximate surface area is 428 Å². The van der Waals surface area contributed by atoms with E-state index < -0.39 is 13.3 Å². The Hall–Kier alpha value is 3.30. The molecule has 6 rings (SSSR count). The third kappa shape index (κ3) is 42.0. The molecule has 4 aliphatic carbocycles. The van der Waals surface area contributed by atoms with E-state index >= 15 is 0 Å². The van der Waals surface area contributed by atoms with Crippen LogP contribution in [0.1, 0.15) is 142 Å². The summed E-state index contributed by atoms with van der Waals surface area (Å²) in [5, 5.41) is 0. The maximum Gasteiger partial charge on any atom is 2.00 e. The smallest absolute Gasteiger partial charge is 0.394 e. The molecule has 0 N–H and O–H groups in total. The van der Waals surface area contributed by atoms with Gasteiger partial charge in [-0.25, -0.2) is 4.98 Å². The predicted molar refractivity (Wildman–Crippen MR) is 272 cm³/mol. The molecule has 0 aromatic carbocycles. The number of hydrogen-bond donors (Lipinski definition) is 0. The van der Waals surface area contributed by atoms with E-state index in [-0.39, 0.29) is 82.7 Å². The minimum atomic E-state index is -0.657. The SMILES string of the molecule is Brc1ccccn1.CCCCP(C)C1CCCC1.CCCCP(C)C1CCCC1.ClP(Cl)C1CCCC1.ClP(Cl)C1CCCC1.[CH3-].[CH3-].[CH3-].[CH3-].[Fe+2].[Fe+2].[Li+].[c-]1ccccn1. The first kappa shape index (κ1) is 75.6. The van der Waals surface area contributed by atoms with Crippen molar-refractivity contribution in [1.29, 1.82) is 0 Å². The van der Waals surface area contributed by atoms with Crippen LogP contribution >= 0.6 is 90.0 Å². The second-order valence-corrected chi connectivity index (χ2v) is 28.2. The first-order chi connectivity index (χ1) is 24.7. The van der Waals surface area contributed by atoms with Gasteiger partial charge in [-0.15, -0.1) is 15.8 Å². The standard InChI is InChI=1S/2C10H21P.C5H4BrN.2C5H9Cl2P.C5H4N.4CH3.2Fe.Li/c2*1-3-4-9-11(2)10-7-5-6-8-10;6-5-3-1-2-4-7-5;2*6-8(7)5-3-1-2-4-5;1-2-4-6-5-3-1;;;;;;;/h2*10H,3-9H2,1-2H3;1-4H;2*5H,1-4H2;1-4H;4*1H3;;;/q;;;;;5*-1;2*+2;+1. The molecule has 58 heavy (non-hydrogen) atoms. The van der Waals surface area contributed by atoms with E-state index in [4.69, 9.17) is 45.0 Å². The van der Waals surface area contributed by atoms with Gasteiger partial charge < -0.3 is 34.7 Å². The van der Waals surface area contributed by atoms with Gasteiger partial charge >= 0.3 is 53.0 Å². The van der Waals surface area contributed by atoms with E-state index in [0.29, 0.717) is 27.2 Å². The van der Waals surface area contributed by atoms with Crippen LogP contribution in [-0.4, -0.2) is 58.3 Å². The second-order valence-electron chi connectivity index (χ2n) is 14.1. The third-order valence-electron chi connectivity index (χ3n) is 9.97. The molecular formula is C44H80BrCl4Fe2LiN2P4. The molecule has 0 amide bonds. The summed E-state index contributed by atoms with van der Waals surface area (Å²) in [5.41, 5.74) is 3.62. The number of nitrogens with zero attached hydrogens (tertiary/aromatic N) is 2. The van der Waals surface area contributed by atoms with Crippen LogP contribution < -0.4 is 18.9 Å². The van der Waals surface area contributed by atoms with Gasteiger partial charge in [-0.1, -0.05) is 141 Å². The van der Waals surface area contributed by atoms with Gasteiger partial charge in [-0.2, -0.15) is 18.2 Å². The molecule has 0 bridgehead atoms. The zero-order valence-electron chi connectivity index (χ0n) is 37.8. The Bertz CT molecular complexity index is 943. The normalized spacial score (nSPS) is 16.7. The molecule has 0 radical (unpaired) electrons. The minimum Gasteiger partial charge on any atom is -0.394 e. The molecule has 4 saturated carbocycles. The molecular weight excluding hydrogens is 1020 g/mol. The second kappa shape index (κ2) is 52.9. The first-order valence-electron chi connectivity index (χ1n) is 19.6. The first-order valence-corrected chi connectivity index (χ1v) is 31.0. The molecule has 0 aliphatic heterocycles. The molecule has 0 saturated heterocycles. The van der Waals surface area contributed by atoms with Gasteiger partial charge in [0.25, 0.3) is 0 Å². The summed E-state index contributed by atoms with van der Waals surface area (Å²) >= 11 is 26.1. The number of hydrogen-bond acceptors (Lipinski definition) is 2. The fraction of sp³-hybridized carbons (Fsp3) is 0.682. The van der Waals surface area contributed by atoms with Crippen molar-refractivity contribution in [2.24, 2.45) is 0 Å². The third-order valence-corrected chi connectivity index (χ3v) is 21.5. The summed E-state index contributed by atoms with van der Waals surface area (Å²) in [6.45, 7) is 8.32. The molecule has 4 fully saturated rings. The van der Waals surface area contributed by atoms with Crippen molar-refractivity contribution < 1.29 is 53.0 Å². The van der Waals surface area contributed by atoms with Crippen molar-refractivity contribution in [2.75, 3.05) is 25.7 Å². The Morgan fingerprint density at radius 1 is 0.586 bits per heavy atom. The van der Waals surface area contributed by atoms with Gasteiger partial charge in [0.2, 0.25) is 0 Å². The predicted octanol–water partition coefficient (Wildman–Crippen LogP) is 16.6. The van der Waals surface area contributed by atoms with Crippen molar-refractivity contribution in [1.82, 2.24) is 9.97 Å². The maximum atomic E-state index is 5.71. The average Bonchev–Trinajstić information content (AvgIpc) is 4.00. The Balaban J connectivity index is -0.000000106. The van der Waals surface area contributed by atoms with Crippen LogP contribution in [0, 0.1) is 35.9 Å². The molecule has 2 nitrogen and oxygen atoms in total. The summed E-state index contributed by atoms with van der Waals surface area (Å²) in [4.78, 5) is 7.56. The van der Waals surface area contributed by atoms with Gasteiger partial charge in [0.05, 0.1) is 13.3 Å². The quantitative estimate of drug-likeness (QED) is 0.103. The van der Waals surface area contributed by atoms with Crippen LogP contribution in [0.15, 0.2) is 53.4 Å². The molecule has 2 aromatic rings. The molecule has 338 valence electrons. The molecule has 4 aliphatic rings. The Kier molecular flexibility index (Phi) is 69.0. The van der Waals surface area contributed by atoms with Crippen LogP contribution in [0.4, 0.5) is 0 Å². The molecule has 0 spiro atoms. The number of unbranched alkanes of at least 4 members (excludes halogenated alkanes) is 2. The summed E-state index contributed by atoms with van der Waals surface area (Å²) in [7, 11) is 0.825. The molecule has 2 atom stereocenters. The minimum absolute atomic E-state index is 0. The van der Waals surface area contributed by atoms with Gasteiger partial charge in [0.15, 0.2) is 0 Å². The number of aromatic nitrogens is 2. The van der Waals surface area contributed by atoms with E-state index in [1.807, 2.05) is 30.3 Å². The number of halogens is 5. The maximum absolute atomic E-state index is 5.71. The van der Waals surface area contributed by atoms with E-state index in [9.17, 15) is 0 Å². The van der Waals surface area contributed by atoms with Crippen LogP contribution in [0.2, 0.25) is 0 Å². The fourth-order valence-corrected chi connectivity index (χ4v) is 15.7. The topological polar surface area (TPSA) is 25.8 Å². The molecule has 2 aromatic heterocycles. The van der Waals surface area contributed by atoms with Crippen LogP contribution in [-0.2, 0) is 34.1 Å². The summed E-state index contributed by atoms with van der Waals surface area (Å²) in [6, 6.07) is 11.2. The molecule has 2 unspecified atom stereocenters. The Morgan fingerprint density at radius 2 is 0.931 bits per heavy atom. The summed E-state index contributed by atoms with van der Waals surface area (Å²) < 4.78 is 0.884. The van der Waals surface area contributed by atoms with Crippen molar-refractivity contribution in [3.8, 4) is 0 Å². The van der Waals surface area contributed by atoms with Crippen LogP contribution in [0.5, 0.6) is 0 Å². The largest absolute Gasteiger partial charge is 2.00 e. The molecule has 2 heterocycles. The van der Waals surface area contributed by atoms with Crippen molar-refractivity contribution in [3.63, 3.8) is 0 Å². The van der Waals surface area contributed by atoms with Gasteiger partial charge in [0, 0.05) is 17.5 Å². The Morgan fingerprint density at radius 3 is 1.10 bits per heavy atom. The average molecular weight is 1100 g/mol. The van der Waals surface area contributed by atoms with Crippen molar-refractivity contribution >= 4 is 90.0 Å². The fourth-order valence-electron chi connectivity index (χ4n) is 6.69.